The predicted octanol–water partition coefficient (Wildman–Crippen LogP) is 1.82. The number of carbonyl (C=O) groups excluding carboxylic acids is 2. The van der Waals surface area contributed by atoms with Gasteiger partial charge < -0.3 is 4.74 Å². The van der Waals surface area contributed by atoms with Crippen molar-refractivity contribution in [1.29, 1.82) is 0 Å². The van der Waals surface area contributed by atoms with Crippen molar-refractivity contribution in [3.05, 3.63) is 34.9 Å². The Bertz CT molecular complexity index is 451. The van der Waals surface area contributed by atoms with Crippen LogP contribution in [-0.2, 0) is 14.3 Å². The van der Waals surface area contributed by atoms with Gasteiger partial charge in [0.15, 0.2) is 0 Å². The second-order valence-electron chi connectivity index (χ2n) is 2.81. The molecular formula is C12H9ClO3. The van der Waals surface area contributed by atoms with Crippen LogP contribution in [0, 0.1) is 11.8 Å². The number of ketones is 1. The highest BCUT2D eigenvalue weighted by molar-refractivity contribution is 6.41. The zero-order valence-corrected chi connectivity index (χ0v) is 9.38. The summed E-state index contributed by atoms with van der Waals surface area (Å²) in [4.78, 5) is 22.0. The Morgan fingerprint density at radius 1 is 1.31 bits per heavy atom. The molecule has 0 saturated carbocycles. The summed E-state index contributed by atoms with van der Waals surface area (Å²) in [6.07, 6.45) is 0. The molecule has 0 saturated heterocycles. The highest BCUT2D eigenvalue weighted by atomic mass is 35.5. The van der Waals surface area contributed by atoms with Crippen molar-refractivity contribution >= 4 is 23.4 Å². The summed E-state index contributed by atoms with van der Waals surface area (Å²) < 4.78 is 4.50. The first kappa shape index (κ1) is 12.3. The maximum atomic E-state index is 11.1. The molecule has 0 aliphatic rings. The molecule has 1 aromatic carbocycles. The minimum Gasteiger partial charge on any atom is -0.459 e. The van der Waals surface area contributed by atoms with Crippen LogP contribution in [-0.4, -0.2) is 18.4 Å². The zero-order chi connectivity index (χ0) is 12.0. The van der Waals surface area contributed by atoms with E-state index in [-0.39, 0.29) is 6.61 Å². The lowest BCUT2D eigenvalue weighted by Crippen LogP contribution is -2.15. The Kier molecular flexibility index (Phi) is 4.56. The Balaban J connectivity index is 2.71. The summed E-state index contributed by atoms with van der Waals surface area (Å²) in [5, 5.41) is 0.585. The fourth-order valence-corrected chi connectivity index (χ4v) is 1.04. The van der Waals surface area contributed by atoms with Crippen molar-refractivity contribution in [2.24, 2.45) is 0 Å². The van der Waals surface area contributed by atoms with Crippen molar-refractivity contribution in [2.45, 2.75) is 6.92 Å². The average Bonchev–Trinajstić information content (AvgIpc) is 2.28. The van der Waals surface area contributed by atoms with E-state index >= 15 is 0 Å². The van der Waals surface area contributed by atoms with E-state index in [1.54, 1.807) is 31.2 Å². The molecule has 0 radical (unpaired) electrons. The first-order valence-electron chi connectivity index (χ1n) is 4.62. The summed E-state index contributed by atoms with van der Waals surface area (Å²) >= 11 is 5.68. The van der Waals surface area contributed by atoms with Gasteiger partial charge in [0, 0.05) is 10.6 Å². The van der Waals surface area contributed by atoms with Crippen molar-refractivity contribution < 1.29 is 14.3 Å². The Labute approximate surface area is 98.4 Å². The third kappa shape index (κ3) is 3.76. The molecule has 0 heterocycles. The van der Waals surface area contributed by atoms with Gasteiger partial charge in [0.25, 0.3) is 0 Å². The number of Topliss-reactive ketones (excluding diaryl/α,β-unsaturated/α-hetero) is 1. The van der Waals surface area contributed by atoms with Gasteiger partial charge in [0.05, 0.1) is 6.61 Å². The van der Waals surface area contributed by atoms with Crippen LogP contribution in [0.1, 0.15) is 12.5 Å². The van der Waals surface area contributed by atoms with Crippen molar-refractivity contribution in [2.75, 3.05) is 6.61 Å². The van der Waals surface area contributed by atoms with E-state index in [1.807, 2.05) is 0 Å². The Morgan fingerprint density at radius 3 is 2.50 bits per heavy atom. The quantitative estimate of drug-likeness (QED) is 0.447. The first-order chi connectivity index (χ1) is 7.63. The second kappa shape index (κ2) is 5.94. The average molecular weight is 237 g/mol. The van der Waals surface area contributed by atoms with Crippen molar-refractivity contribution in [3.63, 3.8) is 0 Å². The number of ether oxygens (including phenoxy) is 1. The molecule has 1 aromatic rings. The number of carbonyl (C=O) groups is 2. The molecule has 0 aliphatic carbocycles. The highest BCUT2D eigenvalue weighted by Crippen LogP contribution is 2.08. The first-order valence-corrected chi connectivity index (χ1v) is 5.00. The molecule has 0 N–H and O–H groups in total. The fraction of sp³-hybridized carbons (Fsp3) is 0.167. The van der Waals surface area contributed by atoms with Gasteiger partial charge in [-0.2, -0.15) is 0 Å². The monoisotopic (exact) mass is 236 g/mol. The lowest BCUT2D eigenvalue weighted by atomic mass is 10.2. The van der Waals surface area contributed by atoms with Crippen LogP contribution < -0.4 is 0 Å². The van der Waals surface area contributed by atoms with E-state index in [0.717, 1.165) is 0 Å². The summed E-state index contributed by atoms with van der Waals surface area (Å²) in [5.74, 6) is 2.97. The molecule has 0 spiro atoms. The number of benzene rings is 1. The maximum absolute atomic E-state index is 11.1. The Morgan fingerprint density at radius 2 is 1.94 bits per heavy atom. The zero-order valence-electron chi connectivity index (χ0n) is 8.62. The molecule has 4 heteroatoms. The van der Waals surface area contributed by atoms with Crippen LogP contribution in [0.2, 0.25) is 5.02 Å². The molecule has 3 nitrogen and oxygen atoms in total. The third-order valence-electron chi connectivity index (χ3n) is 1.63. The van der Waals surface area contributed by atoms with E-state index in [0.29, 0.717) is 10.6 Å². The van der Waals surface area contributed by atoms with Crippen molar-refractivity contribution in [1.82, 2.24) is 0 Å². The molecule has 0 amide bonds. The summed E-state index contributed by atoms with van der Waals surface area (Å²) in [6, 6.07) is 6.63. The normalized spacial score (nSPS) is 8.88. The van der Waals surface area contributed by atoms with Crippen LogP contribution in [0.15, 0.2) is 24.3 Å². The molecular weight excluding hydrogens is 228 g/mol. The van der Waals surface area contributed by atoms with Gasteiger partial charge in [-0.1, -0.05) is 17.5 Å². The molecule has 0 aliphatic heterocycles. The van der Waals surface area contributed by atoms with Gasteiger partial charge in [0.1, 0.15) is 0 Å². The highest BCUT2D eigenvalue weighted by Gasteiger charge is 2.10. The van der Waals surface area contributed by atoms with Crippen LogP contribution in [0.4, 0.5) is 0 Å². The molecule has 0 unspecified atom stereocenters. The van der Waals surface area contributed by atoms with E-state index in [9.17, 15) is 9.59 Å². The largest absolute Gasteiger partial charge is 0.459 e. The SMILES string of the molecule is CCOC(=O)C(=O)C#Cc1ccc(Cl)cc1. The van der Waals surface area contributed by atoms with Gasteiger partial charge in [-0.15, -0.1) is 0 Å². The van der Waals surface area contributed by atoms with Gasteiger partial charge in [0.2, 0.25) is 0 Å². The minimum atomic E-state index is -0.927. The summed E-state index contributed by atoms with van der Waals surface area (Å²) in [6.45, 7) is 1.78. The molecule has 1 rings (SSSR count). The van der Waals surface area contributed by atoms with E-state index < -0.39 is 11.8 Å². The van der Waals surface area contributed by atoms with Crippen LogP contribution in [0.5, 0.6) is 0 Å². The maximum Gasteiger partial charge on any atom is 0.388 e. The number of halogens is 1. The molecule has 0 fully saturated rings. The number of hydrogen-bond donors (Lipinski definition) is 0. The molecule has 0 bridgehead atoms. The molecule has 0 atom stereocenters. The van der Waals surface area contributed by atoms with Gasteiger partial charge in [-0.25, -0.2) is 4.79 Å². The van der Waals surface area contributed by atoms with Crippen LogP contribution in [0.3, 0.4) is 0 Å². The van der Waals surface area contributed by atoms with Crippen molar-refractivity contribution in [3.8, 4) is 11.8 Å². The summed E-state index contributed by atoms with van der Waals surface area (Å²) in [7, 11) is 0. The topological polar surface area (TPSA) is 43.4 Å². The van der Waals surface area contributed by atoms with Gasteiger partial charge >= 0.3 is 11.8 Å². The molecule has 82 valence electrons. The van der Waals surface area contributed by atoms with Gasteiger partial charge in [-0.3, -0.25) is 4.79 Å². The number of esters is 1. The fourth-order valence-electron chi connectivity index (χ4n) is 0.910. The smallest absolute Gasteiger partial charge is 0.388 e. The predicted molar refractivity (Wildman–Crippen MR) is 60.0 cm³/mol. The molecule has 16 heavy (non-hydrogen) atoms. The standard InChI is InChI=1S/C12H9ClO3/c1-2-16-12(15)11(14)8-5-9-3-6-10(13)7-4-9/h3-4,6-7H,2H2,1H3. The van der Waals surface area contributed by atoms with Gasteiger partial charge in [-0.05, 0) is 37.1 Å². The lowest BCUT2D eigenvalue weighted by Gasteiger charge is -1.93. The van der Waals surface area contributed by atoms with Crippen LogP contribution in [0.25, 0.3) is 0 Å². The number of hydrogen-bond acceptors (Lipinski definition) is 3. The minimum absolute atomic E-state index is 0.160. The Hall–Kier alpha value is -1.79. The van der Waals surface area contributed by atoms with E-state index in [4.69, 9.17) is 11.6 Å². The van der Waals surface area contributed by atoms with E-state index in [1.165, 1.54) is 0 Å². The van der Waals surface area contributed by atoms with Crippen LogP contribution >= 0.6 is 11.6 Å². The second-order valence-corrected chi connectivity index (χ2v) is 3.24. The molecule has 0 aromatic heterocycles. The number of rotatable bonds is 2. The van der Waals surface area contributed by atoms with E-state index in [2.05, 4.69) is 16.6 Å². The summed E-state index contributed by atoms with van der Waals surface area (Å²) in [5.41, 5.74) is 0.613. The lowest BCUT2D eigenvalue weighted by molar-refractivity contribution is -0.150. The third-order valence-corrected chi connectivity index (χ3v) is 1.88.